The van der Waals surface area contributed by atoms with Gasteiger partial charge in [-0.2, -0.15) is 0 Å². The van der Waals surface area contributed by atoms with Gasteiger partial charge in [-0.05, 0) is 53.9 Å². The van der Waals surface area contributed by atoms with Gasteiger partial charge in [-0.15, -0.1) is 0 Å². The molecule has 0 radical (unpaired) electrons. The molecule has 0 aliphatic carbocycles. The van der Waals surface area contributed by atoms with E-state index in [1.54, 1.807) is 0 Å². The van der Waals surface area contributed by atoms with Crippen molar-refractivity contribution < 1.29 is 0 Å². The van der Waals surface area contributed by atoms with Gasteiger partial charge < -0.3 is 10.2 Å². The molecule has 2 nitrogen and oxygen atoms in total. The van der Waals surface area contributed by atoms with Crippen molar-refractivity contribution in [3.8, 4) is 11.1 Å². The number of benzene rings is 2. The van der Waals surface area contributed by atoms with Crippen molar-refractivity contribution in [1.29, 1.82) is 0 Å². The highest BCUT2D eigenvalue weighted by molar-refractivity contribution is 6.30. The number of hydrogen-bond acceptors (Lipinski definition) is 2. The van der Waals surface area contributed by atoms with Crippen molar-refractivity contribution in [3.05, 3.63) is 53.1 Å². The molecule has 21 heavy (non-hydrogen) atoms. The first-order valence-electron chi connectivity index (χ1n) is 7.38. The van der Waals surface area contributed by atoms with Gasteiger partial charge in [0, 0.05) is 31.4 Å². The van der Waals surface area contributed by atoms with Crippen LogP contribution in [-0.2, 0) is 6.54 Å². The molecule has 0 aromatic heterocycles. The number of hydrogen-bond donors (Lipinski definition) is 1. The quantitative estimate of drug-likeness (QED) is 0.786. The van der Waals surface area contributed by atoms with Crippen LogP contribution in [0.5, 0.6) is 0 Å². The fourth-order valence-electron chi connectivity index (χ4n) is 2.33. The van der Waals surface area contributed by atoms with Crippen LogP contribution in [0.4, 0.5) is 5.69 Å². The van der Waals surface area contributed by atoms with E-state index in [-0.39, 0.29) is 0 Å². The summed E-state index contributed by atoms with van der Waals surface area (Å²) in [5.74, 6) is 0. The zero-order valence-electron chi connectivity index (χ0n) is 13.0. The predicted octanol–water partition coefficient (Wildman–Crippen LogP) is 4.57. The molecule has 0 bridgehead atoms. The van der Waals surface area contributed by atoms with E-state index in [0.29, 0.717) is 0 Å². The highest BCUT2D eigenvalue weighted by Crippen LogP contribution is 2.28. The maximum atomic E-state index is 6.15. The lowest BCUT2D eigenvalue weighted by Gasteiger charge is -2.15. The van der Waals surface area contributed by atoms with Gasteiger partial charge in [0.2, 0.25) is 0 Å². The number of rotatable bonds is 6. The lowest BCUT2D eigenvalue weighted by Crippen LogP contribution is -2.14. The minimum Gasteiger partial charge on any atom is -0.378 e. The van der Waals surface area contributed by atoms with Gasteiger partial charge in [0.25, 0.3) is 0 Å². The highest BCUT2D eigenvalue weighted by atomic mass is 35.5. The number of nitrogens with one attached hydrogen (secondary N) is 1. The molecule has 2 aromatic carbocycles. The van der Waals surface area contributed by atoms with Gasteiger partial charge in [0.05, 0.1) is 0 Å². The Balaban J connectivity index is 2.29. The normalized spacial score (nSPS) is 10.7. The van der Waals surface area contributed by atoms with Gasteiger partial charge in [-0.3, -0.25) is 0 Å². The van der Waals surface area contributed by atoms with E-state index in [4.69, 9.17) is 11.6 Å². The molecule has 0 saturated carbocycles. The van der Waals surface area contributed by atoms with Gasteiger partial charge in [0.1, 0.15) is 0 Å². The summed E-state index contributed by atoms with van der Waals surface area (Å²) in [6.45, 7) is 4.04. The molecule has 0 heterocycles. The van der Waals surface area contributed by atoms with Crippen molar-refractivity contribution in [3.63, 3.8) is 0 Å². The second-order valence-electron chi connectivity index (χ2n) is 5.42. The third-order valence-corrected chi connectivity index (χ3v) is 3.74. The average molecular weight is 303 g/mol. The standard InChI is InChI=1S/C18H23ClN2/c1-4-11-20-13-15-12-16(19)7-10-18(15)14-5-8-17(9-6-14)21(2)3/h5-10,12,20H,4,11,13H2,1-3H3. The second-order valence-corrected chi connectivity index (χ2v) is 5.86. The first-order valence-corrected chi connectivity index (χ1v) is 7.76. The van der Waals surface area contributed by atoms with Gasteiger partial charge in [0.15, 0.2) is 0 Å². The van der Waals surface area contributed by atoms with Crippen molar-refractivity contribution in [2.75, 3.05) is 25.5 Å². The summed E-state index contributed by atoms with van der Waals surface area (Å²) in [6, 6.07) is 14.7. The zero-order valence-corrected chi connectivity index (χ0v) is 13.7. The molecule has 0 unspecified atom stereocenters. The third kappa shape index (κ3) is 4.23. The predicted molar refractivity (Wildman–Crippen MR) is 93.2 cm³/mol. The van der Waals surface area contributed by atoms with Crippen LogP contribution in [0.25, 0.3) is 11.1 Å². The topological polar surface area (TPSA) is 15.3 Å². The first-order chi connectivity index (χ1) is 10.1. The molecule has 1 N–H and O–H groups in total. The summed E-state index contributed by atoms with van der Waals surface area (Å²) < 4.78 is 0. The van der Waals surface area contributed by atoms with Gasteiger partial charge >= 0.3 is 0 Å². The third-order valence-electron chi connectivity index (χ3n) is 3.50. The summed E-state index contributed by atoms with van der Waals surface area (Å²) in [7, 11) is 4.11. The molecule has 112 valence electrons. The summed E-state index contributed by atoms with van der Waals surface area (Å²) in [6.07, 6.45) is 1.13. The van der Waals surface area contributed by atoms with E-state index >= 15 is 0 Å². The fourth-order valence-corrected chi connectivity index (χ4v) is 2.52. The van der Waals surface area contributed by atoms with Crippen LogP contribution in [0.15, 0.2) is 42.5 Å². The fraction of sp³-hybridized carbons (Fsp3) is 0.333. The second kappa shape index (κ2) is 7.48. The molecular weight excluding hydrogens is 280 g/mol. The summed E-state index contributed by atoms with van der Waals surface area (Å²) in [5.41, 5.74) is 4.92. The van der Waals surface area contributed by atoms with E-state index in [9.17, 15) is 0 Å². The van der Waals surface area contributed by atoms with Crippen LogP contribution >= 0.6 is 11.6 Å². The summed E-state index contributed by atoms with van der Waals surface area (Å²) in [5, 5.41) is 4.24. The van der Waals surface area contributed by atoms with Crippen molar-refractivity contribution in [2.45, 2.75) is 19.9 Å². The average Bonchev–Trinajstić information content (AvgIpc) is 2.48. The Morgan fingerprint density at radius 3 is 2.38 bits per heavy atom. The van der Waals surface area contributed by atoms with Crippen LogP contribution in [-0.4, -0.2) is 20.6 Å². The summed E-state index contributed by atoms with van der Waals surface area (Å²) in [4.78, 5) is 2.11. The van der Waals surface area contributed by atoms with E-state index in [1.807, 2.05) is 6.07 Å². The van der Waals surface area contributed by atoms with E-state index < -0.39 is 0 Å². The first kappa shape index (κ1) is 15.9. The molecule has 0 fully saturated rings. The molecule has 2 aromatic rings. The monoisotopic (exact) mass is 302 g/mol. The van der Waals surface area contributed by atoms with E-state index in [1.165, 1.54) is 22.4 Å². The van der Waals surface area contributed by atoms with E-state index in [2.05, 4.69) is 67.6 Å². The Kier molecular flexibility index (Phi) is 5.66. The number of halogens is 1. The molecule has 0 saturated heterocycles. The molecule has 0 atom stereocenters. The van der Waals surface area contributed by atoms with E-state index in [0.717, 1.165) is 24.5 Å². The maximum absolute atomic E-state index is 6.15. The summed E-state index contributed by atoms with van der Waals surface area (Å²) >= 11 is 6.15. The van der Waals surface area contributed by atoms with Crippen LogP contribution < -0.4 is 10.2 Å². The minimum atomic E-state index is 0.789. The number of nitrogens with zero attached hydrogens (tertiary/aromatic N) is 1. The smallest absolute Gasteiger partial charge is 0.0409 e. The molecule has 0 aliphatic heterocycles. The molecular formula is C18H23ClN2. The Morgan fingerprint density at radius 1 is 1.05 bits per heavy atom. The van der Waals surface area contributed by atoms with Crippen LogP contribution in [0.3, 0.4) is 0 Å². The van der Waals surface area contributed by atoms with Crippen molar-refractivity contribution in [2.24, 2.45) is 0 Å². The molecule has 0 spiro atoms. The Labute approximate surface area is 132 Å². The Morgan fingerprint density at radius 2 is 1.76 bits per heavy atom. The highest BCUT2D eigenvalue weighted by Gasteiger charge is 2.06. The minimum absolute atomic E-state index is 0.789. The maximum Gasteiger partial charge on any atom is 0.0409 e. The Hall–Kier alpha value is -1.51. The Bertz CT molecular complexity index is 576. The van der Waals surface area contributed by atoms with Crippen molar-refractivity contribution >= 4 is 17.3 Å². The van der Waals surface area contributed by atoms with Gasteiger partial charge in [-0.25, -0.2) is 0 Å². The van der Waals surface area contributed by atoms with Crippen LogP contribution in [0, 0.1) is 0 Å². The molecule has 0 aliphatic rings. The van der Waals surface area contributed by atoms with Gasteiger partial charge in [-0.1, -0.05) is 36.7 Å². The molecule has 0 amide bonds. The zero-order chi connectivity index (χ0) is 15.2. The number of anilines is 1. The van der Waals surface area contributed by atoms with Crippen molar-refractivity contribution in [1.82, 2.24) is 5.32 Å². The molecule has 2 rings (SSSR count). The lowest BCUT2D eigenvalue weighted by molar-refractivity contribution is 0.676. The molecule has 3 heteroatoms. The van der Waals surface area contributed by atoms with Crippen LogP contribution in [0.1, 0.15) is 18.9 Å². The van der Waals surface area contributed by atoms with Crippen LogP contribution in [0.2, 0.25) is 5.02 Å². The SMILES string of the molecule is CCCNCc1cc(Cl)ccc1-c1ccc(N(C)C)cc1. The lowest BCUT2D eigenvalue weighted by atomic mass is 9.99. The largest absolute Gasteiger partial charge is 0.378 e.